The highest BCUT2D eigenvalue weighted by molar-refractivity contribution is 5.49. The maximum absolute atomic E-state index is 12.9. The minimum absolute atomic E-state index is 0.0583. The maximum Gasteiger partial charge on any atom is 0.420 e. The average molecular weight is 289 g/mol. The zero-order valence-electron chi connectivity index (χ0n) is 11.5. The minimum Gasteiger partial charge on any atom is -0.490 e. The highest BCUT2D eigenvalue weighted by atomic mass is 19.4. The SMILES string of the molecule is CC1(C)CCC(COc2ccc(N)cc2C(F)(F)F)O1. The minimum atomic E-state index is -4.49. The van der Waals surface area contributed by atoms with Crippen molar-refractivity contribution in [3.63, 3.8) is 0 Å². The molecule has 1 heterocycles. The van der Waals surface area contributed by atoms with Crippen molar-refractivity contribution in [3.05, 3.63) is 23.8 Å². The monoisotopic (exact) mass is 289 g/mol. The van der Waals surface area contributed by atoms with Crippen molar-refractivity contribution in [2.24, 2.45) is 0 Å². The Morgan fingerprint density at radius 2 is 2.10 bits per heavy atom. The first-order chi connectivity index (χ1) is 9.17. The van der Waals surface area contributed by atoms with E-state index in [1.165, 1.54) is 12.1 Å². The summed E-state index contributed by atoms with van der Waals surface area (Å²) in [5.41, 5.74) is 4.37. The van der Waals surface area contributed by atoms with Gasteiger partial charge in [-0.3, -0.25) is 0 Å². The molecule has 1 atom stereocenters. The summed E-state index contributed by atoms with van der Waals surface area (Å²) in [6, 6.07) is 3.52. The molecule has 3 nitrogen and oxygen atoms in total. The van der Waals surface area contributed by atoms with Gasteiger partial charge in [-0.05, 0) is 44.9 Å². The zero-order chi connectivity index (χ0) is 15.0. The molecule has 0 bridgehead atoms. The number of anilines is 1. The second kappa shape index (κ2) is 5.16. The van der Waals surface area contributed by atoms with E-state index in [0.717, 1.165) is 18.9 Å². The van der Waals surface area contributed by atoms with Crippen molar-refractivity contribution in [1.29, 1.82) is 0 Å². The standard InChI is InChI=1S/C14H18F3NO2/c1-13(2)6-5-10(20-13)8-19-12-4-3-9(18)7-11(12)14(15,16)17/h3-4,7,10H,5-6,8,18H2,1-2H3. The molecule has 0 saturated carbocycles. The quantitative estimate of drug-likeness (QED) is 0.864. The van der Waals surface area contributed by atoms with Gasteiger partial charge in [0.05, 0.1) is 17.3 Å². The van der Waals surface area contributed by atoms with Crippen LogP contribution in [-0.2, 0) is 10.9 Å². The van der Waals surface area contributed by atoms with E-state index in [4.69, 9.17) is 15.2 Å². The fourth-order valence-electron chi connectivity index (χ4n) is 2.27. The summed E-state index contributed by atoms with van der Waals surface area (Å²) in [4.78, 5) is 0. The van der Waals surface area contributed by atoms with Crippen molar-refractivity contribution >= 4 is 5.69 Å². The second-order valence-corrected chi connectivity index (χ2v) is 5.60. The van der Waals surface area contributed by atoms with Gasteiger partial charge in [0, 0.05) is 5.69 Å². The summed E-state index contributed by atoms with van der Waals surface area (Å²) in [6.45, 7) is 4.02. The average Bonchev–Trinajstić information content (AvgIpc) is 2.66. The highest BCUT2D eigenvalue weighted by Gasteiger charge is 2.36. The molecule has 1 fully saturated rings. The molecule has 0 spiro atoms. The molecule has 0 radical (unpaired) electrons. The molecule has 112 valence electrons. The molecule has 0 amide bonds. The van der Waals surface area contributed by atoms with Crippen LogP contribution in [0, 0.1) is 0 Å². The van der Waals surface area contributed by atoms with Gasteiger partial charge in [-0.2, -0.15) is 13.2 Å². The van der Waals surface area contributed by atoms with Gasteiger partial charge in [0.15, 0.2) is 0 Å². The third-order valence-electron chi connectivity index (χ3n) is 3.29. The number of alkyl halides is 3. The molecule has 1 aliphatic rings. The fraction of sp³-hybridized carbons (Fsp3) is 0.571. The molecule has 2 rings (SSSR count). The number of ether oxygens (including phenoxy) is 2. The second-order valence-electron chi connectivity index (χ2n) is 5.60. The summed E-state index contributed by atoms with van der Waals surface area (Å²) in [5, 5.41) is 0. The Morgan fingerprint density at radius 3 is 2.65 bits per heavy atom. The summed E-state index contributed by atoms with van der Waals surface area (Å²) >= 11 is 0. The highest BCUT2D eigenvalue weighted by Crippen LogP contribution is 2.38. The Bertz CT molecular complexity index is 486. The van der Waals surface area contributed by atoms with Crippen LogP contribution in [0.15, 0.2) is 18.2 Å². The number of nitrogen functional groups attached to an aromatic ring is 1. The lowest BCUT2D eigenvalue weighted by atomic mass is 10.1. The maximum atomic E-state index is 12.9. The first-order valence-corrected chi connectivity index (χ1v) is 6.45. The molecule has 0 aliphatic carbocycles. The Morgan fingerprint density at radius 1 is 1.40 bits per heavy atom. The van der Waals surface area contributed by atoms with E-state index in [1.54, 1.807) is 0 Å². The predicted octanol–water partition coefficient (Wildman–Crippen LogP) is 3.62. The fourth-order valence-corrected chi connectivity index (χ4v) is 2.27. The lowest BCUT2D eigenvalue weighted by molar-refractivity contribution is -0.139. The molecule has 0 aromatic heterocycles. The molecule has 2 N–H and O–H groups in total. The van der Waals surface area contributed by atoms with Crippen molar-refractivity contribution in [2.45, 2.75) is 44.6 Å². The zero-order valence-corrected chi connectivity index (χ0v) is 11.5. The van der Waals surface area contributed by atoms with Gasteiger partial charge in [-0.15, -0.1) is 0 Å². The summed E-state index contributed by atoms with van der Waals surface area (Å²) in [5.74, 6) is -0.208. The number of rotatable bonds is 3. The van der Waals surface area contributed by atoms with Gasteiger partial charge in [0.2, 0.25) is 0 Å². The van der Waals surface area contributed by atoms with Gasteiger partial charge < -0.3 is 15.2 Å². The van der Waals surface area contributed by atoms with Crippen LogP contribution in [0.3, 0.4) is 0 Å². The Kier molecular flexibility index (Phi) is 3.86. The van der Waals surface area contributed by atoms with Crippen LogP contribution < -0.4 is 10.5 Å². The lowest BCUT2D eigenvalue weighted by Gasteiger charge is -2.20. The molecule has 6 heteroatoms. The van der Waals surface area contributed by atoms with Crippen molar-refractivity contribution in [2.75, 3.05) is 12.3 Å². The molecular formula is C14H18F3NO2. The lowest BCUT2D eigenvalue weighted by Crippen LogP contribution is -2.24. The molecule has 1 saturated heterocycles. The summed E-state index contributed by atoms with van der Waals surface area (Å²) in [7, 11) is 0. The number of nitrogens with two attached hydrogens (primary N) is 1. The van der Waals surface area contributed by atoms with E-state index >= 15 is 0 Å². The smallest absolute Gasteiger partial charge is 0.420 e. The van der Waals surface area contributed by atoms with Crippen LogP contribution in [0.25, 0.3) is 0 Å². The van der Waals surface area contributed by atoms with Crippen LogP contribution in [0.5, 0.6) is 5.75 Å². The van der Waals surface area contributed by atoms with E-state index in [1.807, 2.05) is 13.8 Å². The van der Waals surface area contributed by atoms with Crippen molar-refractivity contribution < 1.29 is 22.6 Å². The molecule has 1 aromatic rings. The Labute approximate surface area is 115 Å². The van der Waals surface area contributed by atoms with Crippen molar-refractivity contribution in [3.8, 4) is 5.75 Å². The predicted molar refractivity (Wildman–Crippen MR) is 69.5 cm³/mol. The van der Waals surface area contributed by atoms with E-state index in [0.29, 0.717) is 0 Å². The molecule has 20 heavy (non-hydrogen) atoms. The van der Waals surface area contributed by atoms with Gasteiger partial charge in [0.25, 0.3) is 0 Å². The van der Waals surface area contributed by atoms with E-state index in [-0.39, 0.29) is 29.7 Å². The van der Waals surface area contributed by atoms with Crippen LogP contribution in [0.1, 0.15) is 32.3 Å². The summed E-state index contributed by atoms with van der Waals surface area (Å²) < 4.78 is 49.6. The van der Waals surface area contributed by atoms with E-state index < -0.39 is 11.7 Å². The van der Waals surface area contributed by atoms with Gasteiger partial charge in [0.1, 0.15) is 12.4 Å². The largest absolute Gasteiger partial charge is 0.490 e. The normalized spacial score (nSPS) is 21.9. The third kappa shape index (κ3) is 3.56. The molecule has 1 aliphatic heterocycles. The molecule has 1 unspecified atom stereocenters. The van der Waals surface area contributed by atoms with Crippen LogP contribution in [0.4, 0.5) is 18.9 Å². The Balaban J connectivity index is 2.07. The molecular weight excluding hydrogens is 271 g/mol. The molecule has 1 aromatic carbocycles. The van der Waals surface area contributed by atoms with Crippen LogP contribution >= 0.6 is 0 Å². The number of hydrogen-bond acceptors (Lipinski definition) is 3. The third-order valence-corrected chi connectivity index (χ3v) is 3.29. The van der Waals surface area contributed by atoms with E-state index in [9.17, 15) is 13.2 Å². The topological polar surface area (TPSA) is 44.5 Å². The summed E-state index contributed by atoms with van der Waals surface area (Å²) in [6.07, 6.45) is -3.01. The van der Waals surface area contributed by atoms with Gasteiger partial charge in [-0.25, -0.2) is 0 Å². The van der Waals surface area contributed by atoms with Crippen LogP contribution in [0.2, 0.25) is 0 Å². The van der Waals surface area contributed by atoms with Gasteiger partial charge in [-0.1, -0.05) is 0 Å². The van der Waals surface area contributed by atoms with Crippen molar-refractivity contribution in [1.82, 2.24) is 0 Å². The van der Waals surface area contributed by atoms with E-state index in [2.05, 4.69) is 0 Å². The first kappa shape index (κ1) is 15.0. The Hall–Kier alpha value is -1.43. The number of benzene rings is 1. The first-order valence-electron chi connectivity index (χ1n) is 6.45. The number of hydrogen-bond donors (Lipinski definition) is 1. The van der Waals surface area contributed by atoms with Crippen LogP contribution in [-0.4, -0.2) is 18.3 Å². The number of halogens is 3. The van der Waals surface area contributed by atoms with Gasteiger partial charge >= 0.3 is 6.18 Å².